The summed E-state index contributed by atoms with van der Waals surface area (Å²) in [5.74, 6) is -0.296. The fourth-order valence-electron chi connectivity index (χ4n) is 2.33. The van der Waals surface area contributed by atoms with Gasteiger partial charge in [-0.3, -0.25) is 4.79 Å². The molecule has 24 heavy (non-hydrogen) atoms. The van der Waals surface area contributed by atoms with Crippen molar-refractivity contribution < 1.29 is 13.9 Å². The van der Waals surface area contributed by atoms with E-state index in [4.69, 9.17) is 16.3 Å². The molecule has 2 rings (SSSR count). The summed E-state index contributed by atoms with van der Waals surface area (Å²) in [5, 5.41) is 3.02. The summed E-state index contributed by atoms with van der Waals surface area (Å²) < 4.78 is 19.1. The summed E-state index contributed by atoms with van der Waals surface area (Å²) in [6.45, 7) is 6.25. The van der Waals surface area contributed by atoms with Crippen LogP contribution in [0.4, 0.5) is 10.1 Å². The van der Waals surface area contributed by atoms with E-state index >= 15 is 0 Å². The second-order valence-corrected chi connectivity index (χ2v) is 7.00. The van der Waals surface area contributed by atoms with Crippen LogP contribution in [0, 0.1) is 5.82 Å². The highest BCUT2D eigenvalue weighted by Gasteiger charge is 2.18. The SMILES string of the molecule is COc1ccc(C(C)(C)C)cc1NC(=O)Cc1c(F)cccc1Cl. The number of amides is 1. The molecule has 2 aromatic rings. The van der Waals surface area contributed by atoms with E-state index in [0.29, 0.717) is 11.4 Å². The molecule has 0 radical (unpaired) electrons. The maximum absolute atomic E-state index is 13.8. The average Bonchev–Trinajstić information content (AvgIpc) is 2.50. The molecule has 0 aliphatic heterocycles. The highest BCUT2D eigenvalue weighted by molar-refractivity contribution is 6.31. The van der Waals surface area contributed by atoms with Gasteiger partial charge in [0.1, 0.15) is 11.6 Å². The molecular weight excluding hydrogens is 329 g/mol. The van der Waals surface area contributed by atoms with Crippen LogP contribution in [0.2, 0.25) is 5.02 Å². The Labute approximate surface area is 146 Å². The second-order valence-electron chi connectivity index (χ2n) is 6.59. The zero-order chi connectivity index (χ0) is 17.9. The van der Waals surface area contributed by atoms with Crippen molar-refractivity contribution in [1.82, 2.24) is 0 Å². The molecule has 0 aliphatic carbocycles. The zero-order valence-corrected chi connectivity index (χ0v) is 15.0. The van der Waals surface area contributed by atoms with E-state index in [1.54, 1.807) is 6.07 Å². The number of carbonyl (C=O) groups is 1. The summed E-state index contributed by atoms with van der Waals surface area (Å²) in [4.78, 5) is 12.3. The van der Waals surface area contributed by atoms with Crippen LogP contribution in [-0.4, -0.2) is 13.0 Å². The van der Waals surface area contributed by atoms with Crippen LogP contribution in [0.3, 0.4) is 0 Å². The highest BCUT2D eigenvalue weighted by Crippen LogP contribution is 2.31. The lowest BCUT2D eigenvalue weighted by atomic mass is 9.87. The fourth-order valence-corrected chi connectivity index (χ4v) is 2.56. The lowest BCUT2D eigenvalue weighted by molar-refractivity contribution is -0.115. The molecule has 0 bridgehead atoms. The van der Waals surface area contributed by atoms with E-state index in [9.17, 15) is 9.18 Å². The van der Waals surface area contributed by atoms with E-state index in [0.717, 1.165) is 5.56 Å². The van der Waals surface area contributed by atoms with Gasteiger partial charge in [0.2, 0.25) is 5.91 Å². The van der Waals surface area contributed by atoms with Crippen LogP contribution in [0.15, 0.2) is 36.4 Å². The minimum Gasteiger partial charge on any atom is -0.495 e. The Morgan fingerprint density at radius 3 is 2.54 bits per heavy atom. The van der Waals surface area contributed by atoms with Gasteiger partial charge in [-0.05, 0) is 35.2 Å². The molecule has 0 saturated carbocycles. The third-order valence-corrected chi connectivity index (χ3v) is 4.09. The van der Waals surface area contributed by atoms with Crippen molar-refractivity contribution in [2.75, 3.05) is 12.4 Å². The number of carbonyl (C=O) groups excluding carboxylic acids is 1. The smallest absolute Gasteiger partial charge is 0.229 e. The summed E-state index contributed by atoms with van der Waals surface area (Å²) in [5.41, 5.74) is 1.73. The second kappa shape index (κ2) is 7.22. The van der Waals surface area contributed by atoms with Crippen molar-refractivity contribution in [3.05, 3.63) is 58.4 Å². The van der Waals surface area contributed by atoms with E-state index in [1.165, 1.54) is 19.2 Å². The first-order valence-electron chi connectivity index (χ1n) is 7.63. The van der Waals surface area contributed by atoms with Gasteiger partial charge in [-0.2, -0.15) is 0 Å². The Hall–Kier alpha value is -2.07. The topological polar surface area (TPSA) is 38.3 Å². The summed E-state index contributed by atoms with van der Waals surface area (Å²) in [7, 11) is 1.54. The minimum atomic E-state index is -0.493. The number of anilines is 1. The molecule has 0 atom stereocenters. The number of hydrogen-bond donors (Lipinski definition) is 1. The van der Waals surface area contributed by atoms with Gasteiger partial charge in [0.25, 0.3) is 0 Å². The van der Waals surface area contributed by atoms with Gasteiger partial charge < -0.3 is 10.1 Å². The number of hydrogen-bond acceptors (Lipinski definition) is 2. The van der Waals surface area contributed by atoms with Gasteiger partial charge in [-0.15, -0.1) is 0 Å². The van der Waals surface area contributed by atoms with Crippen LogP contribution >= 0.6 is 11.6 Å². The molecule has 0 saturated heterocycles. The molecule has 1 N–H and O–H groups in total. The quantitative estimate of drug-likeness (QED) is 0.846. The normalized spacial score (nSPS) is 11.2. The number of rotatable bonds is 4. The molecule has 1 amide bonds. The summed E-state index contributed by atoms with van der Waals surface area (Å²) in [6, 6.07) is 10.0. The standard InChI is InChI=1S/C19H21ClFNO2/c1-19(2,3)12-8-9-17(24-4)16(10-12)22-18(23)11-13-14(20)6-5-7-15(13)21/h5-10H,11H2,1-4H3,(H,22,23). The lowest BCUT2D eigenvalue weighted by Gasteiger charge is -2.21. The first-order valence-corrected chi connectivity index (χ1v) is 8.01. The predicted molar refractivity (Wildman–Crippen MR) is 95.4 cm³/mol. The average molecular weight is 350 g/mol. The molecule has 2 aromatic carbocycles. The zero-order valence-electron chi connectivity index (χ0n) is 14.2. The molecule has 3 nitrogen and oxygen atoms in total. The number of methoxy groups -OCH3 is 1. The molecule has 0 heterocycles. The molecule has 128 valence electrons. The van der Waals surface area contributed by atoms with Crippen molar-refractivity contribution in [1.29, 1.82) is 0 Å². The summed E-state index contributed by atoms with van der Waals surface area (Å²) >= 11 is 5.98. The van der Waals surface area contributed by atoms with E-state index in [2.05, 4.69) is 26.1 Å². The molecule has 0 aromatic heterocycles. The fraction of sp³-hybridized carbons (Fsp3) is 0.316. The van der Waals surface area contributed by atoms with Crippen molar-refractivity contribution >= 4 is 23.2 Å². The highest BCUT2D eigenvalue weighted by atomic mass is 35.5. The van der Waals surface area contributed by atoms with Crippen LogP contribution in [-0.2, 0) is 16.6 Å². The molecular formula is C19H21ClFNO2. The van der Waals surface area contributed by atoms with Gasteiger partial charge in [-0.1, -0.05) is 44.5 Å². The van der Waals surface area contributed by atoms with E-state index < -0.39 is 5.82 Å². The Morgan fingerprint density at radius 2 is 1.96 bits per heavy atom. The number of halogens is 2. The maximum Gasteiger partial charge on any atom is 0.229 e. The first kappa shape index (κ1) is 18.3. The van der Waals surface area contributed by atoms with Crippen LogP contribution in [0.1, 0.15) is 31.9 Å². The van der Waals surface area contributed by atoms with Gasteiger partial charge in [-0.25, -0.2) is 4.39 Å². The van der Waals surface area contributed by atoms with Crippen molar-refractivity contribution in [3.63, 3.8) is 0 Å². The molecule has 0 spiro atoms. The number of nitrogens with one attached hydrogen (secondary N) is 1. The molecule has 0 unspecified atom stereocenters. The number of ether oxygens (including phenoxy) is 1. The van der Waals surface area contributed by atoms with Crippen molar-refractivity contribution in [2.45, 2.75) is 32.6 Å². The largest absolute Gasteiger partial charge is 0.495 e. The van der Waals surface area contributed by atoms with Crippen LogP contribution in [0.25, 0.3) is 0 Å². The molecule has 0 fully saturated rings. The third-order valence-electron chi connectivity index (χ3n) is 3.74. The third kappa shape index (κ3) is 4.26. The predicted octanol–water partition coefficient (Wildman–Crippen LogP) is 4.97. The van der Waals surface area contributed by atoms with Gasteiger partial charge in [0.05, 0.1) is 19.2 Å². The van der Waals surface area contributed by atoms with E-state index in [-0.39, 0.29) is 28.3 Å². The molecule has 0 aliphatic rings. The van der Waals surface area contributed by atoms with Crippen molar-refractivity contribution in [3.8, 4) is 5.75 Å². The molecule has 5 heteroatoms. The first-order chi connectivity index (χ1) is 11.2. The van der Waals surface area contributed by atoms with Gasteiger partial charge in [0, 0.05) is 10.6 Å². The Kier molecular flexibility index (Phi) is 5.50. The van der Waals surface area contributed by atoms with Crippen molar-refractivity contribution in [2.24, 2.45) is 0 Å². The van der Waals surface area contributed by atoms with Gasteiger partial charge in [0.15, 0.2) is 0 Å². The Morgan fingerprint density at radius 1 is 1.25 bits per heavy atom. The van der Waals surface area contributed by atoms with E-state index in [1.807, 2.05) is 18.2 Å². The minimum absolute atomic E-state index is 0.0689. The maximum atomic E-state index is 13.8. The van der Waals surface area contributed by atoms with Gasteiger partial charge >= 0.3 is 0 Å². The van der Waals surface area contributed by atoms with Crippen LogP contribution < -0.4 is 10.1 Å². The van der Waals surface area contributed by atoms with Crippen LogP contribution in [0.5, 0.6) is 5.75 Å². The lowest BCUT2D eigenvalue weighted by Crippen LogP contribution is -2.17. The Balaban J connectivity index is 2.25. The number of benzene rings is 2. The summed E-state index contributed by atoms with van der Waals surface area (Å²) in [6.07, 6.45) is -0.144. The Bertz CT molecular complexity index is 733. The monoisotopic (exact) mass is 349 g/mol.